The lowest BCUT2D eigenvalue weighted by atomic mass is 10.0. The first kappa shape index (κ1) is 18.3. The first-order chi connectivity index (χ1) is 10.5. The van der Waals surface area contributed by atoms with Crippen molar-refractivity contribution in [3.05, 3.63) is 29.3 Å². The van der Waals surface area contributed by atoms with Crippen molar-refractivity contribution in [2.24, 2.45) is 5.73 Å². The number of primary amides is 1. The second-order valence-electron chi connectivity index (χ2n) is 5.96. The van der Waals surface area contributed by atoms with E-state index in [1.807, 2.05) is 0 Å². The number of alkyl carbamates (subject to hydrolysis) is 1. The number of rotatable bonds is 5. The van der Waals surface area contributed by atoms with Gasteiger partial charge in [0.1, 0.15) is 17.4 Å². The van der Waals surface area contributed by atoms with Gasteiger partial charge in [0.15, 0.2) is 0 Å². The maximum Gasteiger partial charge on any atom is 0.408 e. The van der Waals surface area contributed by atoms with Crippen LogP contribution in [0.4, 0.5) is 4.79 Å². The Kier molecular flexibility index (Phi) is 5.56. The van der Waals surface area contributed by atoms with Gasteiger partial charge in [-0.25, -0.2) is 9.59 Å². The van der Waals surface area contributed by atoms with Gasteiger partial charge in [0.05, 0.1) is 5.56 Å². The van der Waals surface area contributed by atoms with Gasteiger partial charge in [-0.1, -0.05) is 6.07 Å². The molecular weight excluding hydrogens is 304 g/mol. The van der Waals surface area contributed by atoms with Crippen LogP contribution in [-0.4, -0.2) is 39.8 Å². The lowest BCUT2D eigenvalue weighted by Gasteiger charge is -2.22. The van der Waals surface area contributed by atoms with Gasteiger partial charge in [0.2, 0.25) is 0 Å². The fourth-order valence-corrected chi connectivity index (χ4v) is 1.79. The van der Waals surface area contributed by atoms with Gasteiger partial charge < -0.3 is 26.0 Å². The molecule has 0 heterocycles. The molecule has 1 rings (SSSR count). The van der Waals surface area contributed by atoms with Crippen molar-refractivity contribution in [3.63, 3.8) is 0 Å². The summed E-state index contributed by atoms with van der Waals surface area (Å²) < 4.78 is 5.01. The van der Waals surface area contributed by atoms with Gasteiger partial charge in [-0.05, 0) is 38.5 Å². The first-order valence-electron chi connectivity index (χ1n) is 6.83. The van der Waals surface area contributed by atoms with Crippen LogP contribution in [0.5, 0.6) is 5.75 Å². The SMILES string of the molecule is CC(C)(C)OC(=O)N[C@@H](Cc1ccc(O)c(C(N)=O)c1)C(=O)O. The molecule has 5 N–H and O–H groups in total. The highest BCUT2D eigenvalue weighted by Crippen LogP contribution is 2.19. The topological polar surface area (TPSA) is 139 Å². The number of carbonyl (C=O) groups excluding carboxylic acids is 2. The average molecular weight is 324 g/mol. The summed E-state index contributed by atoms with van der Waals surface area (Å²) in [5.74, 6) is -2.39. The number of carboxylic acid groups (broad SMARTS) is 1. The van der Waals surface area contributed by atoms with E-state index in [9.17, 15) is 24.6 Å². The highest BCUT2D eigenvalue weighted by atomic mass is 16.6. The normalized spacial score (nSPS) is 12.3. The number of amides is 2. The number of ether oxygens (including phenoxy) is 1. The predicted molar refractivity (Wildman–Crippen MR) is 81.1 cm³/mol. The smallest absolute Gasteiger partial charge is 0.408 e. The molecule has 23 heavy (non-hydrogen) atoms. The molecule has 0 aliphatic heterocycles. The third-order valence-electron chi connectivity index (χ3n) is 2.76. The van der Waals surface area contributed by atoms with Crippen molar-refractivity contribution < 1.29 is 29.3 Å². The number of aliphatic carboxylic acids is 1. The van der Waals surface area contributed by atoms with Gasteiger partial charge in [0, 0.05) is 6.42 Å². The number of aromatic hydroxyl groups is 1. The summed E-state index contributed by atoms with van der Waals surface area (Å²) in [5.41, 5.74) is 4.66. The van der Waals surface area contributed by atoms with Crippen molar-refractivity contribution in [1.82, 2.24) is 5.32 Å². The number of carbonyl (C=O) groups is 3. The van der Waals surface area contributed by atoms with E-state index < -0.39 is 29.6 Å². The van der Waals surface area contributed by atoms with Crippen molar-refractivity contribution in [2.45, 2.75) is 38.8 Å². The first-order valence-corrected chi connectivity index (χ1v) is 6.83. The van der Waals surface area contributed by atoms with Crippen molar-refractivity contribution in [2.75, 3.05) is 0 Å². The fraction of sp³-hybridized carbons (Fsp3) is 0.400. The Balaban J connectivity index is 2.89. The number of hydrogen-bond donors (Lipinski definition) is 4. The average Bonchev–Trinajstić information content (AvgIpc) is 2.37. The molecule has 1 aromatic rings. The van der Waals surface area contributed by atoms with Crippen molar-refractivity contribution in [1.29, 1.82) is 0 Å². The van der Waals surface area contributed by atoms with Gasteiger partial charge in [-0.3, -0.25) is 4.79 Å². The molecule has 1 aromatic carbocycles. The van der Waals surface area contributed by atoms with E-state index in [0.29, 0.717) is 5.56 Å². The summed E-state index contributed by atoms with van der Waals surface area (Å²) in [6, 6.07) is 2.70. The molecule has 0 fully saturated rings. The van der Waals surface area contributed by atoms with Crippen LogP contribution in [0.15, 0.2) is 18.2 Å². The minimum atomic E-state index is -1.26. The lowest BCUT2D eigenvalue weighted by molar-refractivity contribution is -0.139. The van der Waals surface area contributed by atoms with Crippen LogP contribution in [0.25, 0.3) is 0 Å². The van der Waals surface area contributed by atoms with Crippen LogP contribution in [0, 0.1) is 0 Å². The number of benzene rings is 1. The van der Waals surface area contributed by atoms with E-state index >= 15 is 0 Å². The largest absolute Gasteiger partial charge is 0.507 e. The number of phenols is 1. The van der Waals surface area contributed by atoms with E-state index in [1.165, 1.54) is 18.2 Å². The van der Waals surface area contributed by atoms with Crippen molar-refractivity contribution >= 4 is 18.0 Å². The van der Waals surface area contributed by atoms with Crippen LogP contribution in [0.2, 0.25) is 0 Å². The van der Waals surface area contributed by atoms with E-state index in [4.69, 9.17) is 10.5 Å². The van der Waals surface area contributed by atoms with Crippen LogP contribution in [0.3, 0.4) is 0 Å². The molecule has 0 bridgehead atoms. The molecule has 0 unspecified atom stereocenters. The van der Waals surface area contributed by atoms with E-state index in [0.717, 1.165) is 0 Å². The third-order valence-corrected chi connectivity index (χ3v) is 2.76. The van der Waals surface area contributed by atoms with Crippen LogP contribution in [-0.2, 0) is 16.0 Å². The van der Waals surface area contributed by atoms with E-state index in [1.54, 1.807) is 20.8 Å². The zero-order valence-electron chi connectivity index (χ0n) is 13.1. The van der Waals surface area contributed by atoms with Crippen LogP contribution < -0.4 is 11.1 Å². The molecule has 0 aliphatic carbocycles. The minimum absolute atomic E-state index is 0.102. The Bertz CT molecular complexity index is 621. The molecule has 0 aromatic heterocycles. The third kappa shape index (κ3) is 5.85. The Labute approximate surface area is 133 Å². The fourth-order valence-electron chi connectivity index (χ4n) is 1.79. The number of nitrogens with one attached hydrogen (secondary N) is 1. The Morgan fingerprint density at radius 2 is 1.91 bits per heavy atom. The second-order valence-corrected chi connectivity index (χ2v) is 5.96. The molecule has 0 saturated heterocycles. The molecule has 0 spiro atoms. The molecule has 0 radical (unpaired) electrons. The van der Waals surface area contributed by atoms with Gasteiger partial charge in [0.25, 0.3) is 5.91 Å². The predicted octanol–water partition coefficient (Wildman–Crippen LogP) is 1.01. The Hall–Kier alpha value is -2.77. The monoisotopic (exact) mass is 324 g/mol. The maximum atomic E-state index is 11.7. The molecule has 126 valence electrons. The number of carboxylic acids is 1. The summed E-state index contributed by atoms with van der Waals surface area (Å²) in [6.45, 7) is 4.96. The summed E-state index contributed by atoms with van der Waals surface area (Å²) in [7, 11) is 0. The molecule has 1 atom stereocenters. The Morgan fingerprint density at radius 1 is 1.30 bits per heavy atom. The number of nitrogens with two attached hydrogens (primary N) is 1. The summed E-state index contributed by atoms with van der Waals surface area (Å²) in [6.07, 6.45) is -0.964. The highest BCUT2D eigenvalue weighted by molar-refractivity contribution is 5.95. The molecule has 8 nitrogen and oxygen atoms in total. The van der Waals surface area contributed by atoms with Gasteiger partial charge in [-0.15, -0.1) is 0 Å². The standard InChI is InChI=1S/C15H20N2O6/c1-15(2,3)23-14(22)17-10(13(20)21)7-8-4-5-11(18)9(6-8)12(16)19/h4-6,10,18H,7H2,1-3H3,(H2,16,19)(H,17,22)(H,20,21)/t10-/m0/s1. The molecule has 0 saturated carbocycles. The van der Waals surface area contributed by atoms with Gasteiger partial charge in [-0.2, -0.15) is 0 Å². The van der Waals surface area contributed by atoms with Crippen LogP contribution in [0.1, 0.15) is 36.7 Å². The van der Waals surface area contributed by atoms with Crippen LogP contribution >= 0.6 is 0 Å². The summed E-state index contributed by atoms with van der Waals surface area (Å²) in [4.78, 5) is 34.1. The number of hydrogen-bond acceptors (Lipinski definition) is 5. The minimum Gasteiger partial charge on any atom is -0.507 e. The summed E-state index contributed by atoms with van der Waals surface area (Å²) >= 11 is 0. The van der Waals surface area contributed by atoms with E-state index in [2.05, 4.69) is 5.32 Å². The lowest BCUT2D eigenvalue weighted by Crippen LogP contribution is -2.44. The molecule has 8 heteroatoms. The summed E-state index contributed by atoms with van der Waals surface area (Å²) in [5, 5.41) is 21.0. The second kappa shape index (κ2) is 6.99. The van der Waals surface area contributed by atoms with Crippen molar-refractivity contribution in [3.8, 4) is 5.75 Å². The maximum absolute atomic E-state index is 11.7. The zero-order chi connectivity index (χ0) is 17.8. The zero-order valence-corrected chi connectivity index (χ0v) is 13.1. The molecular formula is C15H20N2O6. The quantitative estimate of drug-likeness (QED) is 0.637. The van der Waals surface area contributed by atoms with E-state index in [-0.39, 0.29) is 17.7 Å². The molecule has 0 aliphatic rings. The highest BCUT2D eigenvalue weighted by Gasteiger charge is 2.24. The van der Waals surface area contributed by atoms with Gasteiger partial charge >= 0.3 is 12.1 Å². The Morgan fingerprint density at radius 3 is 2.39 bits per heavy atom. The molecule has 2 amide bonds.